The number of carbonyl (C=O) groups excluding carboxylic acids is 1. The Bertz CT molecular complexity index is 997. The summed E-state index contributed by atoms with van der Waals surface area (Å²) in [6, 6.07) is 12.5. The molecule has 3 aliphatic rings. The van der Waals surface area contributed by atoms with Crippen molar-refractivity contribution in [2.75, 3.05) is 13.2 Å². The summed E-state index contributed by atoms with van der Waals surface area (Å²) >= 11 is 1.54. The van der Waals surface area contributed by atoms with Crippen LogP contribution in [0, 0.1) is 0 Å². The molecule has 32 heavy (non-hydrogen) atoms. The fourth-order valence-corrected chi connectivity index (χ4v) is 5.21. The Labute approximate surface area is 190 Å². The molecule has 3 heterocycles. The fourth-order valence-electron chi connectivity index (χ4n) is 4.05. The maximum absolute atomic E-state index is 13.4. The second-order valence-corrected chi connectivity index (χ2v) is 9.46. The number of amides is 1. The van der Waals surface area contributed by atoms with E-state index in [1.807, 2.05) is 42.5 Å². The van der Waals surface area contributed by atoms with Crippen LogP contribution < -0.4 is 14.8 Å². The smallest absolute Gasteiger partial charge is 0.358 e. The van der Waals surface area contributed by atoms with Crippen molar-refractivity contribution in [3.05, 3.63) is 53.6 Å². The van der Waals surface area contributed by atoms with Crippen molar-refractivity contribution in [3.63, 3.8) is 0 Å². The zero-order valence-electron chi connectivity index (χ0n) is 17.9. The molecular weight excluding hydrogens is 432 g/mol. The SMILES string of the molecule is CC(C)N1Sc2cc3c(cc2CC1C(=O)N[C@@H](Cc1ccccc1)C1(O)OO1)OCCO3. The first-order chi connectivity index (χ1) is 15.4. The minimum Gasteiger partial charge on any atom is -0.486 e. The van der Waals surface area contributed by atoms with Crippen LogP contribution in [0.4, 0.5) is 0 Å². The first-order valence-electron chi connectivity index (χ1n) is 10.8. The summed E-state index contributed by atoms with van der Waals surface area (Å²) < 4.78 is 13.5. The van der Waals surface area contributed by atoms with E-state index in [2.05, 4.69) is 23.5 Å². The van der Waals surface area contributed by atoms with Gasteiger partial charge in [-0.15, -0.1) is 0 Å². The van der Waals surface area contributed by atoms with E-state index in [4.69, 9.17) is 19.2 Å². The van der Waals surface area contributed by atoms with Gasteiger partial charge in [-0.1, -0.05) is 30.3 Å². The topological polar surface area (TPSA) is 96.1 Å². The lowest BCUT2D eigenvalue weighted by Gasteiger charge is -2.38. The number of nitrogens with zero attached hydrogens (tertiary/aromatic N) is 1. The number of benzene rings is 2. The molecule has 1 fully saturated rings. The molecule has 2 atom stereocenters. The van der Waals surface area contributed by atoms with Gasteiger partial charge in [-0.2, -0.15) is 9.78 Å². The molecule has 2 aromatic rings. The monoisotopic (exact) mass is 458 g/mol. The van der Waals surface area contributed by atoms with E-state index in [0.29, 0.717) is 31.8 Å². The number of ether oxygens (including phenoxy) is 2. The van der Waals surface area contributed by atoms with Gasteiger partial charge in [0.15, 0.2) is 11.5 Å². The van der Waals surface area contributed by atoms with Crippen molar-refractivity contribution >= 4 is 17.9 Å². The molecule has 3 aliphatic heterocycles. The molecule has 0 radical (unpaired) electrons. The highest BCUT2D eigenvalue weighted by Gasteiger charge is 2.56. The van der Waals surface area contributed by atoms with Crippen LogP contribution >= 0.6 is 11.9 Å². The third-order valence-electron chi connectivity index (χ3n) is 5.75. The predicted octanol–water partition coefficient (Wildman–Crippen LogP) is 2.44. The van der Waals surface area contributed by atoms with Gasteiger partial charge in [0, 0.05) is 17.4 Å². The zero-order chi connectivity index (χ0) is 22.3. The van der Waals surface area contributed by atoms with Crippen molar-refractivity contribution in [2.24, 2.45) is 0 Å². The van der Waals surface area contributed by atoms with Crippen LogP contribution in [0.2, 0.25) is 0 Å². The van der Waals surface area contributed by atoms with Gasteiger partial charge in [-0.3, -0.25) is 4.79 Å². The van der Waals surface area contributed by atoms with Gasteiger partial charge in [0.25, 0.3) is 0 Å². The van der Waals surface area contributed by atoms with Gasteiger partial charge in [0.05, 0.1) is 0 Å². The molecule has 5 rings (SSSR count). The summed E-state index contributed by atoms with van der Waals surface area (Å²) in [5, 5.41) is 13.4. The Kier molecular flexibility index (Phi) is 5.77. The van der Waals surface area contributed by atoms with Gasteiger partial charge >= 0.3 is 5.97 Å². The Morgan fingerprint density at radius 1 is 1.19 bits per heavy atom. The van der Waals surface area contributed by atoms with Crippen molar-refractivity contribution in [1.82, 2.24) is 9.62 Å². The maximum Gasteiger partial charge on any atom is 0.358 e. The summed E-state index contributed by atoms with van der Waals surface area (Å²) in [4.78, 5) is 24.1. The maximum atomic E-state index is 13.4. The molecule has 8 nitrogen and oxygen atoms in total. The van der Waals surface area contributed by atoms with Crippen molar-refractivity contribution in [1.29, 1.82) is 0 Å². The Morgan fingerprint density at radius 2 is 1.88 bits per heavy atom. The molecule has 2 N–H and O–H groups in total. The number of nitrogens with one attached hydrogen (secondary N) is 1. The Balaban J connectivity index is 1.37. The highest BCUT2D eigenvalue weighted by atomic mass is 32.2. The van der Waals surface area contributed by atoms with Crippen LogP contribution in [-0.2, 0) is 27.4 Å². The van der Waals surface area contributed by atoms with E-state index >= 15 is 0 Å². The highest BCUT2D eigenvalue weighted by Crippen LogP contribution is 2.43. The number of hydrogen-bond donors (Lipinski definition) is 2. The van der Waals surface area contributed by atoms with E-state index in [-0.39, 0.29) is 11.9 Å². The molecule has 2 aromatic carbocycles. The molecule has 0 aromatic heterocycles. The van der Waals surface area contributed by atoms with Crippen molar-refractivity contribution in [3.8, 4) is 11.5 Å². The third-order valence-corrected chi connectivity index (χ3v) is 7.22. The number of hydrogen-bond acceptors (Lipinski definition) is 8. The van der Waals surface area contributed by atoms with Crippen molar-refractivity contribution in [2.45, 2.75) is 55.7 Å². The van der Waals surface area contributed by atoms with E-state index in [1.165, 1.54) is 0 Å². The summed E-state index contributed by atoms with van der Waals surface area (Å²) in [7, 11) is 0. The van der Waals surface area contributed by atoms with Crippen molar-refractivity contribution < 1.29 is 29.1 Å². The minimum atomic E-state index is -1.81. The minimum absolute atomic E-state index is 0.112. The Hall–Kier alpha value is -2.30. The highest BCUT2D eigenvalue weighted by molar-refractivity contribution is 7.97. The number of carbonyl (C=O) groups is 1. The van der Waals surface area contributed by atoms with Gasteiger partial charge in [0.1, 0.15) is 25.3 Å². The fraction of sp³-hybridized carbons (Fsp3) is 0.435. The first-order valence-corrected chi connectivity index (χ1v) is 11.5. The van der Waals surface area contributed by atoms with Gasteiger partial charge in [-0.05, 0) is 55.5 Å². The van der Waals surface area contributed by atoms with E-state index in [9.17, 15) is 9.90 Å². The predicted molar refractivity (Wildman–Crippen MR) is 117 cm³/mol. The zero-order valence-corrected chi connectivity index (χ0v) is 18.8. The molecule has 1 saturated heterocycles. The molecule has 0 aliphatic carbocycles. The summed E-state index contributed by atoms with van der Waals surface area (Å²) in [6.45, 7) is 5.16. The van der Waals surface area contributed by atoms with Gasteiger partial charge < -0.3 is 19.9 Å². The van der Waals surface area contributed by atoms with E-state index in [1.54, 1.807) is 11.9 Å². The third kappa shape index (κ3) is 4.31. The van der Waals surface area contributed by atoms with Crippen LogP contribution in [0.5, 0.6) is 11.5 Å². The van der Waals surface area contributed by atoms with Crippen LogP contribution in [0.3, 0.4) is 0 Å². The standard InChI is InChI=1S/C23H26N2O6S/c1-14(2)25-17(11-16-12-18-19(13-20(16)32-25)29-9-8-28-18)22(26)24-21(23(27)30-31-23)10-15-6-4-3-5-7-15/h3-7,12-14,17,21,27H,8-11H2,1-2H3,(H,24,26)/t17?,21-/m0/s1. The quantitative estimate of drug-likeness (QED) is 0.387. The van der Waals surface area contributed by atoms with E-state index in [0.717, 1.165) is 21.8 Å². The van der Waals surface area contributed by atoms with Crippen LogP contribution in [0.1, 0.15) is 25.0 Å². The molecule has 0 saturated carbocycles. The van der Waals surface area contributed by atoms with Crippen LogP contribution in [-0.4, -0.2) is 52.6 Å². The summed E-state index contributed by atoms with van der Waals surface area (Å²) in [6.07, 6.45) is 0.890. The molecule has 1 amide bonds. The van der Waals surface area contributed by atoms with Crippen LogP contribution in [0.15, 0.2) is 47.4 Å². The van der Waals surface area contributed by atoms with Crippen LogP contribution in [0.25, 0.3) is 0 Å². The molecule has 0 bridgehead atoms. The summed E-state index contributed by atoms with van der Waals surface area (Å²) in [5.41, 5.74) is 1.99. The average molecular weight is 459 g/mol. The molecule has 9 heteroatoms. The second-order valence-electron chi connectivity index (χ2n) is 8.42. The number of rotatable bonds is 6. The van der Waals surface area contributed by atoms with Gasteiger partial charge in [0.2, 0.25) is 5.91 Å². The number of aliphatic hydroxyl groups is 1. The van der Waals surface area contributed by atoms with Gasteiger partial charge in [-0.25, -0.2) is 4.31 Å². The molecular formula is C23H26N2O6S. The molecule has 1 unspecified atom stereocenters. The molecule has 0 spiro atoms. The second kappa shape index (κ2) is 8.57. The average Bonchev–Trinajstić information content (AvgIpc) is 3.55. The molecule has 170 valence electrons. The lowest BCUT2D eigenvalue weighted by molar-refractivity contribution is -0.128. The number of fused-ring (bicyclic) bond motifs is 2. The van der Waals surface area contributed by atoms with E-state index < -0.39 is 18.1 Å². The normalized spacial score (nSPS) is 22.2. The lowest BCUT2D eigenvalue weighted by Crippen LogP contribution is -2.55. The summed E-state index contributed by atoms with van der Waals surface area (Å²) in [5.74, 6) is -0.552. The first kappa shape index (κ1) is 21.5. The largest absolute Gasteiger partial charge is 0.486 e. The lowest BCUT2D eigenvalue weighted by atomic mass is 10.0. The Morgan fingerprint density at radius 3 is 2.53 bits per heavy atom.